The van der Waals surface area contributed by atoms with Gasteiger partial charge in [0.25, 0.3) is 5.91 Å². The van der Waals surface area contributed by atoms with Crippen molar-refractivity contribution in [2.75, 3.05) is 26.4 Å². The van der Waals surface area contributed by atoms with Crippen molar-refractivity contribution in [3.63, 3.8) is 0 Å². The average molecular weight is 441 g/mol. The summed E-state index contributed by atoms with van der Waals surface area (Å²) >= 11 is 6.04. The zero-order valence-electron chi connectivity index (χ0n) is 16.6. The Kier molecular flexibility index (Phi) is 6.75. The van der Waals surface area contributed by atoms with Crippen LogP contribution in [0, 0.1) is 11.7 Å². The van der Waals surface area contributed by atoms with E-state index in [1.807, 2.05) is 17.8 Å². The fraction of sp³-hybridized carbons (Fsp3) is 0.571. The number of halogens is 2. The number of amides is 1. The highest BCUT2D eigenvalue weighted by Gasteiger charge is 2.30. The second-order valence-electron chi connectivity index (χ2n) is 8.05. The lowest BCUT2D eigenvalue weighted by atomic mass is 9.95. The fourth-order valence-corrected chi connectivity index (χ4v) is 4.72. The van der Waals surface area contributed by atoms with E-state index in [0.29, 0.717) is 24.2 Å². The van der Waals surface area contributed by atoms with E-state index >= 15 is 0 Å². The van der Waals surface area contributed by atoms with Gasteiger partial charge in [-0.05, 0) is 62.0 Å². The van der Waals surface area contributed by atoms with E-state index in [4.69, 9.17) is 21.0 Å². The summed E-state index contributed by atoms with van der Waals surface area (Å²) in [4.78, 5) is 12.6. The van der Waals surface area contributed by atoms with Gasteiger partial charge in [0.2, 0.25) is 0 Å². The molecule has 1 amide bonds. The molecule has 1 heterocycles. The summed E-state index contributed by atoms with van der Waals surface area (Å²) in [5.74, 6) is 0.312. The molecule has 2 fully saturated rings. The van der Waals surface area contributed by atoms with Crippen LogP contribution >= 0.6 is 19.9 Å². The molecule has 158 valence electrons. The highest BCUT2D eigenvalue weighted by Crippen LogP contribution is 2.45. The van der Waals surface area contributed by atoms with Gasteiger partial charge in [0.15, 0.2) is 8.30 Å². The van der Waals surface area contributed by atoms with Gasteiger partial charge < -0.3 is 9.82 Å². The Hall–Kier alpha value is -1.20. The fourth-order valence-electron chi connectivity index (χ4n) is 3.57. The summed E-state index contributed by atoms with van der Waals surface area (Å²) in [6.07, 6.45) is 7.97. The first kappa shape index (κ1) is 21.0. The number of carbonyl (C=O) groups is 1. The summed E-state index contributed by atoms with van der Waals surface area (Å²) in [5.41, 5.74) is 0.998. The monoisotopic (exact) mass is 440 g/mol. The third-order valence-corrected chi connectivity index (χ3v) is 6.95. The molecular weight excluding hydrogens is 414 g/mol. The van der Waals surface area contributed by atoms with E-state index in [1.165, 1.54) is 6.07 Å². The van der Waals surface area contributed by atoms with E-state index in [0.717, 1.165) is 62.2 Å². The normalized spacial score (nSPS) is 23.1. The predicted octanol–water partition coefficient (Wildman–Crippen LogP) is 5.31. The Labute approximate surface area is 177 Å². The second-order valence-corrected chi connectivity index (χ2v) is 9.92. The Morgan fingerprint density at radius 3 is 2.76 bits per heavy atom. The molecule has 2 atom stereocenters. The van der Waals surface area contributed by atoms with Crippen molar-refractivity contribution in [1.29, 1.82) is 0 Å². The predicted molar refractivity (Wildman–Crippen MR) is 113 cm³/mol. The van der Waals surface area contributed by atoms with E-state index in [1.54, 1.807) is 6.07 Å². The first-order valence-electron chi connectivity index (χ1n) is 10.3. The number of ether oxygens (including phenoxy) is 1. The van der Waals surface area contributed by atoms with Crippen LogP contribution < -0.4 is 9.82 Å². The van der Waals surface area contributed by atoms with Gasteiger partial charge in [-0.15, -0.1) is 0 Å². The topological polar surface area (TPSA) is 50.8 Å². The maximum Gasteiger partial charge on any atom is 0.259 e. The molecule has 0 aromatic heterocycles. The molecule has 0 radical (unpaired) electrons. The minimum atomic E-state index is -1.17. The van der Waals surface area contributed by atoms with E-state index < -0.39 is 20.0 Å². The van der Waals surface area contributed by atoms with Crippen LogP contribution in [0.15, 0.2) is 23.2 Å². The van der Waals surface area contributed by atoms with Crippen molar-refractivity contribution < 1.29 is 18.5 Å². The first-order valence-corrected chi connectivity index (χ1v) is 12.4. The van der Waals surface area contributed by atoms with E-state index in [-0.39, 0.29) is 5.56 Å². The number of rotatable bonds is 8. The van der Waals surface area contributed by atoms with Crippen molar-refractivity contribution in [1.82, 2.24) is 10.2 Å². The smallest absolute Gasteiger partial charge is 0.259 e. The lowest BCUT2D eigenvalue weighted by Crippen LogP contribution is -2.37. The molecule has 1 N–H and O–H groups in total. The van der Waals surface area contributed by atoms with Crippen LogP contribution in [0.25, 0.3) is 0 Å². The number of carbonyl (C=O) groups excluding carboxylic acids is 1. The molecule has 8 heteroatoms. The Bertz CT molecular complexity index is 798. The standard InChI is InChI=1S/C21H27ClFN2O3P/c1-29(28-25-9-2-10-25)24-21(26)18-11-17(15-5-6-15)20(12-19(18)23)27-13-14-3-7-16(22)8-4-14/h7,11-12,14-15H,2-6,8-10,13H2,1H3,(H,24,26). The van der Waals surface area contributed by atoms with Gasteiger partial charge in [-0.25, -0.2) is 4.39 Å². The molecule has 0 spiro atoms. The van der Waals surface area contributed by atoms with Crippen molar-refractivity contribution in [3.8, 4) is 5.75 Å². The number of benzene rings is 1. The quantitative estimate of drug-likeness (QED) is 0.556. The van der Waals surface area contributed by atoms with Crippen LogP contribution in [0.4, 0.5) is 4.39 Å². The average Bonchev–Trinajstić information content (AvgIpc) is 3.49. The molecule has 4 rings (SSSR count). The van der Waals surface area contributed by atoms with Crippen LogP contribution in [0.5, 0.6) is 5.75 Å². The van der Waals surface area contributed by atoms with Gasteiger partial charge in [-0.2, -0.15) is 5.06 Å². The second kappa shape index (κ2) is 9.30. The van der Waals surface area contributed by atoms with Crippen LogP contribution in [0.2, 0.25) is 0 Å². The zero-order valence-corrected chi connectivity index (χ0v) is 18.3. The molecule has 2 unspecified atom stereocenters. The Morgan fingerprint density at radius 2 is 2.14 bits per heavy atom. The summed E-state index contributed by atoms with van der Waals surface area (Å²) in [5, 5.41) is 5.53. The van der Waals surface area contributed by atoms with Crippen LogP contribution in [-0.4, -0.2) is 37.3 Å². The van der Waals surface area contributed by atoms with Crippen molar-refractivity contribution >= 4 is 25.8 Å². The van der Waals surface area contributed by atoms with Gasteiger partial charge >= 0.3 is 0 Å². The summed E-state index contributed by atoms with van der Waals surface area (Å²) < 4.78 is 26.4. The number of hydrogen-bond donors (Lipinski definition) is 1. The Balaban J connectivity index is 1.42. The molecule has 0 bridgehead atoms. The van der Waals surface area contributed by atoms with Gasteiger partial charge in [-0.3, -0.25) is 9.42 Å². The molecule has 3 aliphatic rings. The lowest BCUT2D eigenvalue weighted by molar-refractivity contribution is -0.0983. The number of hydrogen-bond acceptors (Lipinski definition) is 4. The van der Waals surface area contributed by atoms with E-state index in [2.05, 4.69) is 5.09 Å². The van der Waals surface area contributed by atoms with Crippen molar-refractivity contribution in [2.24, 2.45) is 5.92 Å². The number of nitrogens with zero attached hydrogens (tertiary/aromatic N) is 1. The highest BCUT2D eigenvalue weighted by molar-refractivity contribution is 7.50. The van der Waals surface area contributed by atoms with Gasteiger partial charge in [0.1, 0.15) is 11.6 Å². The van der Waals surface area contributed by atoms with Crippen LogP contribution in [-0.2, 0) is 4.62 Å². The minimum Gasteiger partial charge on any atom is -0.493 e. The number of allylic oxidation sites excluding steroid dienone is 2. The van der Waals surface area contributed by atoms with Crippen LogP contribution in [0.3, 0.4) is 0 Å². The maximum atomic E-state index is 14.8. The van der Waals surface area contributed by atoms with Crippen molar-refractivity contribution in [3.05, 3.63) is 40.2 Å². The molecule has 2 aliphatic carbocycles. The SMILES string of the molecule is CP(NC(=O)c1cc(C2CC2)c(OCC2CC=C(Cl)CC2)cc1F)ON1CCC1. The molecule has 1 saturated heterocycles. The first-order chi connectivity index (χ1) is 14.0. The van der Waals surface area contributed by atoms with E-state index in [9.17, 15) is 9.18 Å². The lowest BCUT2D eigenvalue weighted by Gasteiger charge is -2.31. The molecule has 29 heavy (non-hydrogen) atoms. The molecule has 1 saturated carbocycles. The van der Waals surface area contributed by atoms with Gasteiger partial charge in [-0.1, -0.05) is 17.7 Å². The maximum absolute atomic E-state index is 14.8. The van der Waals surface area contributed by atoms with Crippen molar-refractivity contribution in [2.45, 2.75) is 44.4 Å². The summed E-state index contributed by atoms with van der Waals surface area (Å²) in [6, 6.07) is 3.05. The summed E-state index contributed by atoms with van der Waals surface area (Å²) in [6.45, 7) is 4.10. The highest BCUT2D eigenvalue weighted by atomic mass is 35.5. The zero-order chi connectivity index (χ0) is 20.4. The largest absolute Gasteiger partial charge is 0.493 e. The molecule has 1 aromatic carbocycles. The number of hydroxylamine groups is 2. The van der Waals surface area contributed by atoms with Crippen LogP contribution in [0.1, 0.15) is 60.4 Å². The van der Waals surface area contributed by atoms with Gasteiger partial charge in [0, 0.05) is 30.9 Å². The number of nitrogens with one attached hydrogen (secondary N) is 1. The molecular formula is C21H27ClFN2O3P. The Morgan fingerprint density at radius 1 is 1.34 bits per heavy atom. The molecule has 1 aromatic rings. The third kappa shape index (κ3) is 5.49. The summed E-state index contributed by atoms with van der Waals surface area (Å²) in [7, 11) is -1.17. The minimum absolute atomic E-state index is 0.0631. The van der Waals surface area contributed by atoms with Gasteiger partial charge in [0.05, 0.1) is 12.2 Å². The molecule has 1 aliphatic heterocycles. The molecule has 5 nitrogen and oxygen atoms in total. The third-order valence-electron chi connectivity index (χ3n) is 5.61.